The summed E-state index contributed by atoms with van der Waals surface area (Å²) in [5.41, 5.74) is 5.92. The first-order valence-corrected chi connectivity index (χ1v) is 8.63. The van der Waals surface area contributed by atoms with Gasteiger partial charge >= 0.3 is 0 Å². The van der Waals surface area contributed by atoms with Crippen molar-refractivity contribution in [2.75, 3.05) is 13.1 Å². The summed E-state index contributed by atoms with van der Waals surface area (Å²) >= 11 is 0. The van der Waals surface area contributed by atoms with E-state index in [1.807, 2.05) is 0 Å². The first kappa shape index (κ1) is 18.9. The van der Waals surface area contributed by atoms with Crippen molar-refractivity contribution in [3.63, 3.8) is 0 Å². The van der Waals surface area contributed by atoms with E-state index in [2.05, 4.69) is 26.1 Å². The number of hydrogen-bond acceptors (Lipinski definition) is 2. The van der Waals surface area contributed by atoms with E-state index in [9.17, 15) is 0 Å². The maximum atomic E-state index is 5.56. The zero-order valence-corrected chi connectivity index (χ0v) is 13.8. The van der Waals surface area contributed by atoms with Crippen LogP contribution in [0, 0.1) is 0 Å². The third-order valence-corrected chi connectivity index (χ3v) is 4.10. The SMILES string of the molecule is CCCCCCC(C)(CCCCC)NCCCCN. The van der Waals surface area contributed by atoms with Crippen LogP contribution in [0.2, 0.25) is 0 Å². The molecule has 3 N–H and O–H groups in total. The van der Waals surface area contributed by atoms with Gasteiger partial charge in [-0.25, -0.2) is 0 Å². The van der Waals surface area contributed by atoms with Gasteiger partial charge in [-0.3, -0.25) is 0 Å². The maximum Gasteiger partial charge on any atom is 0.0153 e. The van der Waals surface area contributed by atoms with Gasteiger partial charge in [-0.15, -0.1) is 0 Å². The lowest BCUT2D eigenvalue weighted by molar-refractivity contribution is 0.286. The summed E-state index contributed by atoms with van der Waals surface area (Å²) in [5.74, 6) is 0. The molecule has 0 radical (unpaired) electrons. The van der Waals surface area contributed by atoms with Crippen molar-refractivity contribution < 1.29 is 0 Å². The Morgan fingerprint density at radius 3 is 1.95 bits per heavy atom. The minimum Gasteiger partial charge on any atom is -0.330 e. The largest absolute Gasteiger partial charge is 0.330 e. The zero-order chi connectivity index (χ0) is 14.4. The molecule has 0 saturated carbocycles. The quantitative estimate of drug-likeness (QED) is 0.452. The van der Waals surface area contributed by atoms with Crippen molar-refractivity contribution in [1.82, 2.24) is 5.32 Å². The second kappa shape index (κ2) is 12.9. The van der Waals surface area contributed by atoms with E-state index in [0.717, 1.165) is 19.5 Å². The fourth-order valence-electron chi connectivity index (χ4n) is 2.67. The van der Waals surface area contributed by atoms with E-state index in [1.165, 1.54) is 64.2 Å². The molecule has 0 bridgehead atoms. The van der Waals surface area contributed by atoms with E-state index in [4.69, 9.17) is 5.73 Å². The van der Waals surface area contributed by atoms with Gasteiger partial charge in [-0.1, -0.05) is 58.8 Å². The topological polar surface area (TPSA) is 38.0 Å². The maximum absolute atomic E-state index is 5.56. The van der Waals surface area contributed by atoms with E-state index in [1.54, 1.807) is 0 Å². The third-order valence-electron chi connectivity index (χ3n) is 4.10. The minimum atomic E-state index is 0.359. The Morgan fingerprint density at radius 2 is 1.37 bits per heavy atom. The van der Waals surface area contributed by atoms with Crippen molar-refractivity contribution >= 4 is 0 Å². The fraction of sp³-hybridized carbons (Fsp3) is 1.00. The molecule has 116 valence electrons. The molecule has 0 fully saturated rings. The van der Waals surface area contributed by atoms with Crippen molar-refractivity contribution in [2.24, 2.45) is 5.73 Å². The van der Waals surface area contributed by atoms with Crippen LogP contribution in [0.1, 0.15) is 91.4 Å². The molecule has 0 rings (SSSR count). The Kier molecular flexibility index (Phi) is 12.9. The Bertz CT molecular complexity index is 168. The van der Waals surface area contributed by atoms with E-state index in [-0.39, 0.29) is 0 Å². The molecule has 0 amide bonds. The lowest BCUT2D eigenvalue weighted by Gasteiger charge is -2.31. The van der Waals surface area contributed by atoms with Crippen molar-refractivity contribution in [3.8, 4) is 0 Å². The molecule has 0 heterocycles. The highest BCUT2D eigenvalue weighted by Crippen LogP contribution is 2.22. The molecule has 0 saturated heterocycles. The van der Waals surface area contributed by atoms with E-state index >= 15 is 0 Å². The molecule has 0 aliphatic carbocycles. The van der Waals surface area contributed by atoms with Crippen LogP contribution < -0.4 is 11.1 Å². The molecule has 0 aromatic carbocycles. The van der Waals surface area contributed by atoms with E-state index < -0.39 is 0 Å². The first-order valence-electron chi connectivity index (χ1n) is 8.63. The van der Waals surface area contributed by atoms with Crippen LogP contribution in [-0.4, -0.2) is 18.6 Å². The number of nitrogens with one attached hydrogen (secondary N) is 1. The van der Waals surface area contributed by atoms with Crippen LogP contribution in [0.4, 0.5) is 0 Å². The summed E-state index contributed by atoms with van der Waals surface area (Å²) in [5, 5.41) is 3.81. The fourth-order valence-corrected chi connectivity index (χ4v) is 2.67. The second-order valence-corrected chi connectivity index (χ2v) is 6.25. The molecule has 1 atom stereocenters. The summed E-state index contributed by atoms with van der Waals surface area (Å²) in [6.45, 7) is 8.95. The highest BCUT2D eigenvalue weighted by Gasteiger charge is 2.21. The standard InChI is InChI=1S/C17H38N2/c1-4-6-8-10-14-17(3,13-9-7-5-2)19-16-12-11-15-18/h19H,4-16,18H2,1-3H3. The number of rotatable bonds is 14. The van der Waals surface area contributed by atoms with Gasteiger partial charge in [0.2, 0.25) is 0 Å². The summed E-state index contributed by atoms with van der Waals surface area (Å²) in [4.78, 5) is 0. The Morgan fingerprint density at radius 1 is 0.789 bits per heavy atom. The van der Waals surface area contributed by atoms with Gasteiger partial charge in [-0.2, -0.15) is 0 Å². The molecule has 1 unspecified atom stereocenters. The molecule has 0 aliphatic rings. The lowest BCUT2D eigenvalue weighted by Crippen LogP contribution is -2.43. The molecular weight excluding hydrogens is 232 g/mol. The van der Waals surface area contributed by atoms with Gasteiger partial charge in [0.1, 0.15) is 0 Å². The van der Waals surface area contributed by atoms with Crippen LogP contribution in [0.5, 0.6) is 0 Å². The predicted octanol–water partition coefficient (Wildman–Crippen LogP) is 4.62. The molecule has 0 aromatic rings. The lowest BCUT2D eigenvalue weighted by atomic mass is 9.88. The number of hydrogen-bond donors (Lipinski definition) is 2. The molecule has 19 heavy (non-hydrogen) atoms. The van der Waals surface area contributed by atoms with Crippen LogP contribution in [0.25, 0.3) is 0 Å². The molecular formula is C17H38N2. The van der Waals surface area contributed by atoms with Gasteiger partial charge in [0.05, 0.1) is 0 Å². The van der Waals surface area contributed by atoms with Crippen molar-refractivity contribution in [3.05, 3.63) is 0 Å². The molecule has 2 heteroatoms. The normalized spacial score (nSPS) is 14.5. The van der Waals surface area contributed by atoms with Crippen LogP contribution in [0.3, 0.4) is 0 Å². The van der Waals surface area contributed by atoms with Gasteiger partial charge in [-0.05, 0) is 45.7 Å². The van der Waals surface area contributed by atoms with Crippen LogP contribution in [-0.2, 0) is 0 Å². The summed E-state index contributed by atoms with van der Waals surface area (Å²) in [6.07, 6.45) is 14.6. The highest BCUT2D eigenvalue weighted by atomic mass is 15.0. The van der Waals surface area contributed by atoms with Crippen molar-refractivity contribution in [2.45, 2.75) is 96.9 Å². The Hall–Kier alpha value is -0.0800. The summed E-state index contributed by atoms with van der Waals surface area (Å²) in [6, 6.07) is 0. The van der Waals surface area contributed by atoms with Gasteiger partial charge in [0.25, 0.3) is 0 Å². The number of nitrogens with two attached hydrogens (primary N) is 1. The third kappa shape index (κ3) is 11.4. The predicted molar refractivity (Wildman–Crippen MR) is 87.6 cm³/mol. The smallest absolute Gasteiger partial charge is 0.0153 e. The number of unbranched alkanes of at least 4 members (excludes halogenated alkanes) is 6. The second-order valence-electron chi connectivity index (χ2n) is 6.25. The first-order chi connectivity index (χ1) is 9.18. The summed E-state index contributed by atoms with van der Waals surface area (Å²) < 4.78 is 0. The molecule has 0 aromatic heterocycles. The highest BCUT2D eigenvalue weighted by molar-refractivity contribution is 4.82. The molecule has 0 aliphatic heterocycles. The van der Waals surface area contributed by atoms with Gasteiger partial charge < -0.3 is 11.1 Å². The minimum absolute atomic E-state index is 0.359. The van der Waals surface area contributed by atoms with Gasteiger partial charge in [0, 0.05) is 5.54 Å². The van der Waals surface area contributed by atoms with Crippen LogP contribution >= 0.6 is 0 Å². The Balaban J connectivity index is 3.96. The van der Waals surface area contributed by atoms with Crippen LogP contribution in [0.15, 0.2) is 0 Å². The molecule has 2 nitrogen and oxygen atoms in total. The monoisotopic (exact) mass is 270 g/mol. The van der Waals surface area contributed by atoms with Gasteiger partial charge in [0.15, 0.2) is 0 Å². The summed E-state index contributed by atoms with van der Waals surface area (Å²) in [7, 11) is 0. The average Bonchev–Trinajstić information content (AvgIpc) is 2.41. The average molecular weight is 271 g/mol. The molecule has 0 spiro atoms. The Labute approximate surface area is 121 Å². The zero-order valence-electron chi connectivity index (χ0n) is 13.8. The van der Waals surface area contributed by atoms with E-state index in [0.29, 0.717) is 5.54 Å². The van der Waals surface area contributed by atoms with Crippen molar-refractivity contribution in [1.29, 1.82) is 0 Å².